The Hall–Kier alpha value is -2.32. The maximum absolute atomic E-state index is 14.5. The predicted octanol–water partition coefficient (Wildman–Crippen LogP) is 8.99. The summed E-state index contributed by atoms with van der Waals surface area (Å²) in [6.45, 7) is -0.297. The zero-order valence-corrected chi connectivity index (χ0v) is 19.1. The zero-order chi connectivity index (χ0) is 25.6. The minimum absolute atomic E-state index is 0.249. The van der Waals surface area contributed by atoms with Gasteiger partial charge in [0.1, 0.15) is 22.9 Å². The molecule has 1 nitrogen and oxygen atoms in total. The van der Waals surface area contributed by atoms with Crippen LogP contribution in [-0.2, 0) is 18.7 Å². The number of hydrogen-bond donors (Lipinski definition) is 0. The molecule has 3 rings (SSSR count). The van der Waals surface area contributed by atoms with Crippen molar-refractivity contribution >= 4 is 0 Å². The molecule has 0 saturated heterocycles. The fourth-order valence-corrected chi connectivity index (χ4v) is 4.67. The molecule has 1 fully saturated rings. The van der Waals surface area contributed by atoms with Crippen molar-refractivity contribution in [1.29, 1.82) is 0 Å². The molecule has 1 saturated carbocycles. The number of benzene rings is 2. The van der Waals surface area contributed by atoms with Gasteiger partial charge < -0.3 is 4.74 Å². The molecule has 0 radical (unpaired) electrons. The Kier molecular flexibility index (Phi) is 9.05. The summed E-state index contributed by atoms with van der Waals surface area (Å²) in [5.41, 5.74) is -2.41. The monoisotopic (exact) mass is 508 g/mol. The van der Waals surface area contributed by atoms with Gasteiger partial charge in [0.15, 0.2) is 0 Å². The quantitative estimate of drug-likeness (QED) is 0.230. The van der Waals surface area contributed by atoms with Gasteiger partial charge in [0.05, 0.1) is 12.2 Å². The van der Waals surface area contributed by atoms with Gasteiger partial charge in [0.2, 0.25) is 0 Å². The molecule has 35 heavy (non-hydrogen) atoms. The standard InChI is InChI=1S/C26H28F8O/c27-14-2-1-3-17-4-6-18(7-5-17)8-9-19-15-22(28)24(23(29)16-19)26(33,34)35-21-12-10-20(11-13-21)25(30,31)32/h10-13,15-18H,1-9,14H2. The smallest absolute Gasteiger partial charge is 0.429 e. The maximum atomic E-state index is 14.5. The number of ether oxygens (including phenoxy) is 1. The van der Waals surface area contributed by atoms with E-state index in [4.69, 9.17) is 0 Å². The van der Waals surface area contributed by atoms with Crippen molar-refractivity contribution in [3.63, 3.8) is 0 Å². The van der Waals surface area contributed by atoms with Gasteiger partial charge in [-0.15, -0.1) is 0 Å². The zero-order valence-electron chi connectivity index (χ0n) is 19.1. The minimum atomic E-state index is -4.66. The van der Waals surface area contributed by atoms with E-state index in [1.165, 1.54) is 0 Å². The fraction of sp³-hybridized carbons (Fsp3) is 0.538. The summed E-state index contributed by atoms with van der Waals surface area (Å²) in [6.07, 6.45) is -1.59. The van der Waals surface area contributed by atoms with Gasteiger partial charge in [-0.2, -0.15) is 22.0 Å². The second-order valence-corrected chi connectivity index (χ2v) is 9.19. The maximum Gasteiger partial charge on any atom is 0.432 e. The molecule has 0 unspecified atom stereocenters. The van der Waals surface area contributed by atoms with Crippen LogP contribution in [0.5, 0.6) is 5.75 Å². The van der Waals surface area contributed by atoms with Crippen LogP contribution in [-0.4, -0.2) is 6.67 Å². The molecule has 0 N–H and O–H groups in total. The lowest BCUT2D eigenvalue weighted by Gasteiger charge is -2.28. The Morgan fingerprint density at radius 2 is 1.31 bits per heavy atom. The first-order valence-corrected chi connectivity index (χ1v) is 11.8. The van der Waals surface area contributed by atoms with Crippen LogP contribution >= 0.6 is 0 Å². The number of alkyl halides is 6. The molecular formula is C26H28F8O. The van der Waals surface area contributed by atoms with Crippen molar-refractivity contribution < 1.29 is 39.9 Å². The van der Waals surface area contributed by atoms with Crippen molar-refractivity contribution in [1.82, 2.24) is 0 Å². The predicted molar refractivity (Wildman–Crippen MR) is 116 cm³/mol. The number of rotatable bonds is 10. The third-order valence-corrected chi connectivity index (χ3v) is 6.62. The van der Waals surface area contributed by atoms with Crippen molar-refractivity contribution in [3.05, 3.63) is 64.7 Å². The van der Waals surface area contributed by atoms with Gasteiger partial charge in [0.25, 0.3) is 0 Å². The van der Waals surface area contributed by atoms with E-state index in [-0.39, 0.29) is 12.2 Å². The van der Waals surface area contributed by atoms with E-state index in [1.54, 1.807) is 0 Å². The molecule has 0 atom stereocenters. The lowest BCUT2D eigenvalue weighted by molar-refractivity contribution is -0.189. The Morgan fingerprint density at radius 3 is 1.83 bits per heavy atom. The Morgan fingerprint density at radius 1 is 0.771 bits per heavy atom. The summed E-state index contributed by atoms with van der Waals surface area (Å²) in [5, 5.41) is 0. The van der Waals surface area contributed by atoms with Crippen molar-refractivity contribution in [2.45, 2.75) is 70.1 Å². The molecule has 9 heteroatoms. The van der Waals surface area contributed by atoms with E-state index < -0.39 is 40.8 Å². The molecule has 194 valence electrons. The minimum Gasteiger partial charge on any atom is -0.429 e. The molecule has 1 aliphatic rings. The molecule has 0 aliphatic heterocycles. The van der Waals surface area contributed by atoms with E-state index in [0.717, 1.165) is 50.7 Å². The first-order valence-electron chi connectivity index (χ1n) is 11.8. The van der Waals surface area contributed by atoms with Gasteiger partial charge >= 0.3 is 12.3 Å². The topological polar surface area (TPSA) is 9.23 Å². The van der Waals surface area contributed by atoms with Crippen LogP contribution in [0.4, 0.5) is 35.1 Å². The molecule has 0 aromatic heterocycles. The van der Waals surface area contributed by atoms with Crippen molar-refractivity contribution in [3.8, 4) is 5.75 Å². The highest BCUT2D eigenvalue weighted by Crippen LogP contribution is 2.38. The molecule has 2 aromatic rings. The molecule has 0 spiro atoms. The number of halogens is 8. The number of unbranched alkanes of at least 4 members (excludes halogenated alkanes) is 1. The Balaban J connectivity index is 1.59. The highest BCUT2D eigenvalue weighted by molar-refractivity contribution is 5.32. The summed E-state index contributed by atoms with van der Waals surface area (Å²) in [4.78, 5) is 0. The van der Waals surface area contributed by atoms with E-state index in [9.17, 15) is 35.1 Å². The molecule has 2 aromatic carbocycles. The van der Waals surface area contributed by atoms with Gasteiger partial charge in [-0.05, 0) is 73.1 Å². The van der Waals surface area contributed by atoms with Crippen LogP contribution in [0.25, 0.3) is 0 Å². The lowest BCUT2D eigenvalue weighted by Crippen LogP contribution is -2.25. The molecule has 0 bridgehead atoms. The first kappa shape index (κ1) is 27.3. The molecule has 1 aliphatic carbocycles. The average molecular weight is 508 g/mol. The Bertz CT molecular complexity index is 924. The molecule has 0 amide bonds. The summed E-state index contributed by atoms with van der Waals surface area (Å²) in [6, 6.07) is 4.11. The average Bonchev–Trinajstić information content (AvgIpc) is 2.77. The highest BCUT2D eigenvalue weighted by atomic mass is 19.4. The summed E-state index contributed by atoms with van der Waals surface area (Å²) < 4.78 is 113. The van der Waals surface area contributed by atoms with Gasteiger partial charge in [0, 0.05) is 0 Å². The number of aryl methyl sites for hydroxylation is 1. The molecular weight excluding hydrogens is 480 g/mol. The summed E-state index contributed by atoms with van der Waals surface area (Å²) in [5.74, 6) is -2.66. The van der Waals surface area contributed by atoms with Gasteiger partial charge in [-0.25, -0.2) is 8.78 Å². The summed E-state index contributed by atoms with van der Waals surface area (Å²) in [7, 11) is 0. The van der Waals surface area contributed by atoms with Gasteiger partial charge in [-0.1, -0.05) is 38.5 Å². The summed E-state index contributed by atoms with van der Waals surface area (Å²) >= 11 is 0. The molecule has 0 heterocycles. The van der Waals surface area contributed by atoms with Crippen LogP contribution in [0.15, 0.2) is 36.4 Å². The largest absolute Gasteiger partial charge is 0.432 e. The third kappa shape index (κ3) is 7.58. The van der Waals surface area contributed by atoms with Crippen LogP contribution in [0.1, 0.15) is 68.1 Å². The SMILES string of the molecule is FCCCCC1CCC(CCc2cc(F)c(C(F)(F)Oc3ccc(C(F)(F)F)cc3)c(F)c2)CC1. The van der Waals surface area contributed by atoms with Crippen LogP contribution < -0.4 is 4.74 Å². The van der Waals surface area contributed by atoms with Crippen molar-refractivity contribution in [2.75, 3.05) is 6.67 Å². The fourth-order valence-electron chi connectivity index (χ4n) is 4.67. The normalized spacial score (nSPS) is 19.1. The second kappa shape index (κ2) is 11.6. The van der Waals surface area contributed by atoms with E-state index >= 15 is 0 Å². The van der Waals surface area contributed by atoms with E-state index in [2.05, 4.69) is 4.74 Å². The lowest BCUT2D eigenvalue weighted by atomic mass is 9.78. The van der Waals surface area contributed by atoms with Gasteiger partial charge in [-0.3, -0.25) is 4.39 Å². The Labute approximate surface area is 199 Å². The highest BCUT2D eigenvalue weighted by Gasteiger charge is 2.41. The number of hydrogen-bond acceptors (Lipinski definition) is 1. The van der Waals surface area contributed by atoms with Crippen LogP contribution in [0.3, 0.4) is 0 Å². The van der Waals surface area contributed by atoms with E-state index in [1.807, 2.05) is 0 Å². The second-order valence-electron chi connectivity index (χ2n) is 9.19. The van der Waals surface area contributed by atoms with Crippen LogP contribution in [0, 0.1) is 23.5 Å². The van der Waals surface area contributed by atoms with Crippen molar-refractivity contribution in [2.24, 2.45) is 11.8 Å². The van der Waals surface area contributed by atoms with Crippen LogP contribution in [0.2, 0.25) is 0 Å². The van der Waals surface area contributed by atoms with E-state index in [0.29, 0.717) is 55.4 Å². The third-order valence-electron chi connectivity index (χ3n) is 6.62. The first-order chi connectivity index (χ1) is 16.5.